The van der Waals surface area contributed by atoms with Gasteiger partial charge in [-0.15, -0.1) is 0 Å². The summed E-state index contributed by atoms with van der Waals surface area (Å²) in [6.45, 7) is 5.49. The fourth-order valence-corrected chi connectivity index (χ4v) is 2.00. The van der Waals surface area contributed by atoms with Crippen LogP contribution >= 0.6 is 0 Å². The molecule has 0 spiro atoms. The number of rotatable bonds is 4. The Labute approximate surface area is 146 Å². The number of phenolic OH excluding ortho intramolecular Hbond substituents is 1. The Morgan fingerprint density at radius 1 is 1.16 bits per heavy atom. The van der Waals surface area contributed by atoms with Crippen molar-refractivity contribution in [1.82, 2.24) is 10.3 Å². The number of phenols is 1. The van der Waals surface area contributed by atoms with Gasteiger partial charge in [-0.25, -0.2) is 4.79 Å². The molecule has 2 rings (SSSR count). The number of hydrogen-bond acceptors (Lipinski definition) is 5. The normalized spacial score (nSPS) is 10.8. The van der Waals surface area contributed by atoms with Crippen LogP contribution in [0.3, 0.4) is 0 Å². The van der Waals surface area contributed by atoms with Crippen molar-refractivity contribution in [1.29, 1.82) is 0 Å². The van der Waals surface area contributed by atoms with Crippen molar-refractivity contribution in [2.75, 3.05) is 5.32 Å². The number of aromatic nitrogens is 1. The summed E-state index contributed by atoms with van der Waals surface area (Å²) in [6, 6.07) is 7.87. The van der Waals surface area contributed by atoms with Crippen LogP contribution < -0.4 is 10.6 Å². The van der Waals surface area contributed by atoms with Crippen LogP contribution in [0.2, 0.25) is 0 Å². The molecule has 1 heterocycles. The Morgan fingerprint density at radius 3 is 2.44 bits per heavy atom. The Bertz CT molecular complexity index is 755. The van der Waals surface area contributed by atoms with Crippen molar-refractivity contribution in [2.24, 2.45) is 0 Å². The summed E-state index contributed by atoms with van der Waals surface area (Å²) in [5.74, 6) is -0.606. The lowest BCUT2D eigenvalue weighted by Gasteiger charge is -2.19. The van der Waals surface area contributed by atoms with Gasteiger partial charge < -0.3 is 20.5 Å². The molecule has 0 saturated heterocycles. The Hall–Kier alpha value is -3.09. The van der Waals surface area contributed by atoms with Crippen LogP contribution in [0, 0.1) is 0 Å². The zero-order chi connectivity index (χ0) is 18.4. The van der Waals surface area contributed by atoms with Crippen LogP contribution in [0.25, 0.3) is 0 Å². The van der Waals surface area contributed by atoms with Crippen LogP contribution in [-0.2, 0) is 11.3 Å². The fraction of sp³-hybridized carbons (Fsp3) is 0.278. The van der Waals surface area contributed by atoms with Gasteiger partial charge in [0.25, 0.3) is 5.91 Å². The molecule has 0 atom stereocenters. The van der Waals surface area contributed by atoms with Gasteiger partial charge in [0.1, 0.15) is 11.4 Å². The number of nitrogens with one attached hydrogen (secondary N) is 2. The second-order valence-corrected chi connectivity index (χ2v) is 6.40. The highest BCUT2D eigenvalue weighted by Crippen LogP contribution is 2.20. The molecular weight excluding hydrogens is 322 g/mol. The first kappa shape index (κ1) is 18.3. The summed E-state index contributed by atoms with van der Waals surface area (Å²) >= 11 is 0. The zero-order valence-corrected chi connectivity index (χ0v) is 14.4. The summed E-state index contributed by atoms with van der Waals surface area (Å²) in [7, 11) is 0. The molecule has 0 saturated carbocycles. The minimum atomic E-state index is -0.582. The highest BCUT2D eigenvalue weighted by molar-refractivity contribution is 6.06. The molecule has 7 heteroatoms. The Morgan fingerprint density at radius 2 is 1.84 bits per heavy atom. The van der Waals surface area contributed by atoms with Gasteiger partial charge in [-0.2, -0.15) is 0 Å². The van der Waals surface area contributed by atoms with Crippen LogP contribution in [-0.4, -0.2) is 27.7 Å². The number of carbonyl (C=O) groups excluding carboxylic acids is 2. The van der Waals surface area contributed by atoms with Gasteiger partial charge in [-0.05, 0) is 50.6 Å². The fourth-order valence-electron chi connectivity index (χ4n) is 2.00. The molecule has 7 nitrogen and oxygen atoms in total. The van der Waals surface area contributed by atoms with E-state index >= 15 is 0 Å². The highest BCUT2D eigenvalue weighted by atomic mass is 16.6. The first-order valence-corrected chi connectivity index (χ1v) is 7.75. The molecule has 0 unspecified atom stereocenters. The largest absolute Gasteiger partial charge is 0.507 e. The number of pyridine rings is 1. The first-order valence-electron chi connectivity index (χ1n) is 7.75. The van der Waals surface area contributed by atoms with Crippen molar-refractivity contribution in [3.8, 4) is 5.75 Å². The van der Waals surface area contributed by atoms with Crippen molar-refractivity contribution < 1.29 is 19.4 Å². The van der Waals surface area contributed by atoms with Gasteiger partial charge in [0.05, 0.1) is 5.56 Å². The van der Waals surface area contributed by atoms with E-state index in [1.807, 2.05) is 0 Å². The minimum absolute atomic E-state index is 0.137. The molecule has 2 aromatic rings. The molecule has 0 bridgehead atoms. The van der Waals surface area contributed by atoms with E-state index in [4.69, 9.17) is 4.74 Å². The van der Waals surface area contributed by atoms with Gasteiger partial charge in [0.15, 0.2) is 0 Å². The molecule has 132 valence electrons. The van der Waals surface area contributed by atoms with E-state index in [2.05, 4.69) is 15.6 Å². The maximum absolute atomic E-state index is 12.2. The van der Waals surface area contributed by atoms with Gasteiger partial charge in [0.2, 0.25) is 0 Å². The number of alkyl carbamates (subject to hydrolysis) is 1. The van der Waals surface area contributed by atoms with E-state index < -0.39 is 17.6 Å². The minimum Gasteiger partial charge on any atom is -0.507 e. The maximum Gasteiger partial charge on any atom is 0.407 e. The van der Waals surface area contributed by atoms with Crippen molar-refractivity contribution in [2.45, 2.75) is 32.9 Å². The van der Waals surface area contributed by atoms with Crippen LogP contribution in [0.15, 0.2) is 42.7 Å². The topological polar surface area (TPSA) is 101 Å². The molecule has 0 aliphatic rings. The molecule has 0 aliphatic carbocycles. The average Bonchev–Trinajstić information content (AvgIpc) is 2.52. The third-order valence-corrected chi connectivity index (χ3v) is 3.08. The van der Waals surface area contributed by atoms with Gasteiger partial charge >= 0.3 is 6.09 Å². The van der Waals surface area contributed by atoms with Crippen molar-refractivity contribution >= 4 is 17.7 Å². The van der Waals surface area contributed by atoms with Crippen molar-refractivity contribution in [3.05, 3.63) is 53.9 Å². The predicted molar refractivity (Wildman–Crippen MR) is 93.4 cm³/mol. The monoisotopic (exact) mass is 343 g/mol. The van der Waals surface area contributed by atoms with E-state index in [0.29, 0.717) is 11.3 Å². The number of ether oxygens (including phenoxy) is 1. The van der Waals surface area contributed by atoms with E-state index in [0.717, 1.165) is 0 Å². The van der Waals surface area contributed by atoms with E-state index in [-0.39, 0.29) is 17.9 Å². The van der Waals surface area contributed by atoms with E-state index in [1.54, 1.807) is 51.4 Å². The predicted octanol–water partition coefficient (Wildman–Crippen LogP) is 3.06. The van der Waals surface area contributed by atoms with Crippen LogP contribution in [0.4, 0.5) is 10.5 Å². The molecule has 1 aromatic carbocycles. The third kappa shape index (κ3) is 5.80. The van der Waals surface area contributed by atoms with Crippen LogP contribution in [0.5, 0.6) is 5.75 Å². The van der Waals surface area contributed by atoms with Crippen molar-refractivity contribution in [3.63, 3.8) is 0 Å². The number of carbonyl (C=O) groups is 2. The first-order chi connectivity index (χ1) is 11.7. The standard InChI is InChI=1S/C18H21N3O4/c1-18(2,3)25-17(24)20-11-12-4-5-14(15(22)10-12)16(23)21-13-6-8-19-9-7-13/h4-10,22H,11H2,1-3H3,(H,20,24)(H,19,21,23). The smallest absolute Gasteiger partial charge is 0.407 e. The number of aromatic hydroxyl groups is 1. The zero-order valence-electron chi connectivity index (χ0n) is 14.4. The molecule has 1 aromatic heterocycles. The highest BCUT2D eigenvalue weighted by Gasteiger charge is 2.16. The average molecular weight is 343 g/mol. The molecule has 2 amide bonds. The van der Waals surface area contributed by atoms with Gasteiger partial charge in [0, 0.05) is 24.6 Å². The number of amides is 2. The second-order valence-electron chi connectivity index (χ2n) is 6.40. The summed E-state index contributed by atoms with van der Waals surface area (Å²) in [4.78, 5) is 27.7. The quantitative estimate of drug-likeness (QED) is 0.792. The maximum atomic E-state index is 12.2. The molecule has 0 aliphatic heterocycles. The molecule has 25 heavy (non-hydrogen) atoms. The van der Waals surface area contributed by atoms with E-state index in [1.165, 1.54) is 12.1 Å². The number of anilines is 1. The van der Waals surface area contributed by atoms with Crippen LogP contribution in [0.1, 0.15) is 36.7 Å². The molecule has 0 radical (unpaired) electrons. The summed E-state index contributed by atoms with van der Waals surface area (Å²) in [5, 5.41) is 15.3. The Kier molecular flexibility index (Phi) is 5.59. The summed E-state index contributed by atoms with van der Waals surface area (Å²) in [6.07, 6.45) is 2.56. The Balaban J connectivity index is 1.98. The van der Waals surface area contributed by atoms with E-state index in [9.17, 15) is 14.7 Å². The summed E-state index contributed by atoms with van der Waals surface area (Å²) in [5.41, 5.74) is 0.776. The molecule has 0 fully saturated rings. The lowest BCUT2D eigenvalue weighted by Crippen LogP contribution is -2.32. The molecular formula is C18H21N3O4. The number of benzene rings is 1. The number of hydrogen-bond donors (Lipinski definition) is 3. The SMILES string of the molecule is CC(C)(C)OC(=O)NCc1ccc(C(=O)Nc2ccncc2)c(O)c1. The summed E-state index contributed by atoms with van der Waals surface area (Å²) < 4.78 is 5.14. The lowest BCUT2D eigenvalue weighted by atomic mass is 10.1. The lowest BCUT2D eigenvalue weighted by molar-refractivity contribution is 0.0523. The molecule has 3 N–H and O–H groups in total. The third-order valence-electron chi connectivity index (χ3n) is 3.08. The second kappa shape index (κ2) is 7.65. The number of nitrogens with zero attached hydrogens (tertiary/aromatic N) is 1. The van der Waals surface area contributed by atoms with Gasteiger partial charge in [-0.3, -0.25) is 9.78 Å². The van der Waals surface area contributed by atoms with Gasteiger partial charge in [-0.1, -0.05) is 6.07 Å².